The number of nitrogens with two attached hydrogens (primary N) is 1. The lowest BCUT2D eigenvalue weighted by atomic mass is 10.2. The summed E-state index contributed by atoms with van der Waals surface area (Å²) in [6.45, 7) is 4.08. The first-order chi connectivity index (χ1) is 16.5. The van der Waals surface area contributed by atoms with Crippen LogP contribution in [0.4, 0.5) is 14.5 Å². The van der Waals surface area contributed by atoms with Crippen LogP contribution in [0.1, 0.15) is 38.1 Å². The smallest absolute Gasteiger partial charge is 0.291 e. The first-order valence-corrected chi connectivity index (χ1v) is 13.1. The van der Waals surface area contributed by atoms with Crippen LogP contribution in [0.15, 0.2) is 23.4 Å². The number of hydrogen-bond donors (Lipinski definition) is 2. The van der Waals surface area contributed by atoms with Crippen molar-refractivity contribution in [2.24, 2.45) is 5.73 Å². The third-order valence-corrected chi connectivity index (χ3v) is 8.55. The molecule has 35 heavy (non-hydrogen) atoms. The molecule has 1 saturated heterocycles. The standard InChI is InChI=1S/C20H23F2N7O4S2/c1-10-7-28(9-14(33-10)16(23)30)12-5-11(35(31,32)27-20(2)3-4-20)8-29-13(12)6-24-17(29)19-26-25-18(34-19)15(21)22/h5-6,8,10,14-15,27H,3-4,7,9H2,1-2H3,(H2,23,30)/t10-,14+/m1/s1. The van der Waals surface area contributed by atoms with Crippen LogP contribution < -0.4 is 15.4 Å². The zero-order valence-corrected chi connectivity index (χ0v) is 20.4. The average Bonchev–Trinajstić information content (AvgIpc) is 3.17. The molecule has 11 nitrogen and oxygen atoms in total. The Kier molecular flexibility index (Phi) is 5.77. The number of fused-ring (bicyclic) bond motifs is 1. The minimum atomic E-state index is -3.94. The number of carbonyl (C=O) groups is 1. The van der Waals surface area contributed by atoms with E-state index in [0.717, 1.165) is 12.8 Å². The summed E-state index contributed by atoms with van der Waals surface area (Å²) in [5.41, 5.74) is 5.95. The Morgan fingerprint density at radius 2 is 2.09 bits per heavy atom. The first-order valence-electron chi connectivity index (χ1n) is 10.8. The number of rotatable bonds is 7. The van der Waals surface area contributed by atoms with Crippen molar-refractivity contribution in [3.05, 3.63) is 23.5 Å². The van der Waals surface area contributed by atoms with E-state index >= 15 is 0 Å². The number of nitrogens with zero attached hydrogens (tertiary/aromatic N) is 5. The maximum absolute atomic E-state index is 13.3. The first kappa shape index (κ1) is 24.0. The molecule has 1 aliphatic heterocycles. The van der Waals surface area contributed by atoms with E-state index in [1.807, 2.05) is 11.8 Å². The molecule has 0 radical (unpaired) electrons. The summed E-state index contributed by atoms with van der Waals surface area (Å²) in [6.07, 6.45) is 0.294. The lowest BCUT2D eigenvalue weighted by Gasteiger charge is -2.37. The van der Waals surface area contributed by atoms with Gasteiger partial charge in [-0.1, -0.05) is 11.3 Å². The minimum absolute atomic E-state index is 0.0410. The Morgan fingerprint density at radius 3 is 2.71 bits per heavy atom. The Hall–Kier alpha value is -2.75. The maximum Gasteiger partial charge on any atom is 0.291 e. The van der Waals surface area contributed by atoms with Crippen molar-refractivity contribution in [2.75, 3.05) is 18.0 Å². The van der Waals surface area contributed by atoms with Gasteiger partial charge in [0.15, 0.2) is 21.9 Å². The monoisotopic (exact) mass is 527 g/mol. The molecule has 188 valence electrons. The zero-order valence-electron chi connectivity index (χ0n) is 18.8. The van der Waals surface area contributed by atoms with E-state index < -0.39 is 39.0 Å². The van der Waals surface area contributed by atoms with Crippen molar-refractivity contribution in [1.82, 2.24) is 24.3 Å². The Balaban J connectivity index is 1.66. The van der Waals surface area contributed by atoms with Crippen LogP contribution in [0.2, 0.25) is 0 Å². The molecule has 3 N–H and O–H groups in total. The number of imidazole rings is 1. The number of anilines is 1. The van der Waals surface area contributed by atoms with Gasteiger partial charge in [0.25, 0.3) is 6.43 Å². The average molecular weight is 528 g/mol. The molecule has 2 fully saturated rings. The predicted molar refractivity (Wildman–Crippen MR) is 123 cm³/mol. The predicted octanol–water partition coefficient (Wildman–Crippen LogP) is 1.70. The molecule has 0 aromatic carbocycles. The van der Waals surface area contributed by atoms with Crippen LogP contribution in [-0.2, 0) is 19.6 Å². The van der Waals surface area contributed by atoms with E-state index in [4.69, 9.17) is 10.5 Å². The van der Waals surface area contributed by atoms with E-state index in [9.17, 15) is 22.0 Å². The van der Waals surface area contributed by atoms with Crippen molar-refractivity contribution < 1.29 is 26.7 Å². The lowest BCUT2D eigenvalue weighted by molar-refractivity contribution is -0.133. The quantitative estimate of drug-likeness (QED) is 0.472. The summed E-state index contributed by atoms with van der Waals surface area (Å²) in [7, 11) is -3.94. The van der Waals surface area contributed by atoms with Crippen molar-refractivity contribution in [2.45, 2.75) is 55.8 Å². The fourth-order valence-electron chi connectivity index (χ4n) is 4.00. The number of amides is 1. The number of ether oxygens (including phenoxy) is 1. The van der Waals surface area contributed by atoms with Gasteiger partial charge in [-0.05, 0) is 32.8 Å². The molecular formula is C20H23F2N7O4S2. The Bertz CT molecular complexity index is 1400. The largest absolute Gasteiger partial charge is 0.367 e. The van der Waals surface area contributed by atoms with E-state index in [0.29, 0.717) is 29.1 Å². The fraction of sp³-hybridized carbons (Fsp3) is 0.500. The highest BCUT2D eigenvalue weighted by Gasteiger charge is 2.42. The summed E-state index contributed by atoms with van der Waals surface area (Å²) in [6, 6.07) is 1.51. The van der Waals surface area contributed by atoms with E-state index in [1.165, 1.54) is 22.9 Å². The van der Waals surface area contributed by atoms with Crippen LogP contribution in [0.3, 0.4) is 0 Å². The van der Waals surface area contributed by atoms with Gasteiger partial charge in [0, 0.05) is 18.3 Å². The number of morpholine rings is 1. The fourth-order valence-corrected chi connectivity index (χ4v) is 6.18. The van der Waals surface area contributed by atoms with Gasteiger partial charge in [-0.25, -0.2) is 26.9 Å². The molecule has 0 bridgehead atoms. The van der Waals surface area contributed by atoms with Gasteiger partial charge in [0.1, 0.15) is 4.90 Å². The van der Waals surface area contributed by atoms with Crippen LogP contribution >= 0.6 is 11.3 Å². The van der Waals surface area contributed by atoms with E-state index in [-0.39, 0.29) is 28.4 Å². The molecule has 2 aliphatic rings. The van der Waals surface area contributed by atoms with E-state index in [2.05, 4.69) is 19.9 Å². The van der Waals surface area contributed by atoms with Gasteiger partial charge in [0.2, 0.25) is 15.9 Å². The molecule has 1 saturated carbocycles. The third-order valence-electron chi connectivity index (χ3n) is 6.02. The molecule has 1 amide bonds. The normalized spacial score (nSPS) is 22.1. The van der Waals surface area contributed by atoms with Crippen molar-refractivity contribution in [1.29, 1.82) is 0 Å². The lowest BCUT2D eigenvalue weighted by Crippen LogP contribution is -2.51. The molecule has 5 rings (SSSR count). The van der Waals surface area contributed by atoms with Gasteiger partial charge in [-0.2, -0.15) is 0 Å². The van der Waals surface area contributed by atoms with E-state index in [1.54, 1.807) is 6.92 Å². The summed E-state index contributed by atoms with van der Waals surface area (Å²) in [5.74, 6) is -0.458. The van der Waals surface area contributed by atoms with Crippen LogP contribution in [0, 0.1) is 0 Å². The number of carbonyl (C=O) groups excluding carboxylic acids is 1. The third kappa shape index (κ3) is 4.60. The molecule has 1 aliphatic carbocycles. The molecule has 2 atom stereocenters. The number of primary amides is 1. The zero-order chi connectivity index (χ0) is 25.1. The topological polar surface area (TPSA) is 145 Å². The molecule has 3 aromatic heterocycles. The Morgan fingerprint density at radius 1 is 1.34 bits per heavy atom. The summed E-state index contributed by atoms with van der Waals surface area (Å²) in [5, 5.41) is 7.00. The van der Waals surface area contributed by atoms with Crippen molar-refractivity contribution >= 4 is 38.5 Å². The Labute approximate surface area is 203 Å². The second-order valence-electron chi connectivity index (χ2n) is 9.05. The number of hydrogen-bond acceptors (Lipinski definition) is 9. The molecule has 3 aromatic rings. The van der Waals surface area contributed by atoms with Crippen molar-refractivity contribution in [3.8, 4) is 10.8 Å². The van der Waals surface area contributed by atoms with Gasteiger partial charge in [0.05, 0.1) is 30.0 Å². The number of halogens is 2. The molecule has 15 heteroatoms. The molecule has 4 heterocycles. The molecule has 0 unspecified atom stereocenters. The van der Waals surface area contributed by atoms with Gasteiger partial charge in [-0.15, -0.1) is 10.2 Å². The number of alkyl halides is 2. The highest BCUT2D eigenvalue weighted by Crippen LogP contribution is 2.38. The minimum Gasteiger partial charge on any atom is -0.367 e. The van der Waals surface area contributed by atoms with Crippen LogP contribution in [0.5, 0.6) is 0 Å². The summed E-state index contributed by atoms with van der Waals surface area (Å²) in [4.78, 5) is 18.0. The highest BCUT2D eigenvalue weighted by molar-refractivity contribution is 7.89. The molecular weight excluding hydrogens is 504 g/mol. The van der Waals surface area contributed by atoms with Gasteiger partial charge in [-0.3, -0.25) is 9.20 Å². The van der Waals surface area contributed by atoms with Crippen LogP contribution in [0.25, 0.3) is 16.3 Å². The number of pyridine rings is 1. The molecule has 0 spiro atoms. The second kappa shape index (κ2) is 8.43. The van der Waals surface area contributed by atoms with Gasteiger partial charge >= 0.3 is 0 Å². The number of aromatic nitrogens is 4. The van der Waals surface area contributed by atoms with Crippen LogP contribution in [-0.4, -0.2) is 64.7 Å². The highest BCUT2D eigenvalue weighted by atomic mass is 32.2. The second-order valence-corrected chi connectivity index (χ2v) is 11.7. The SMILES string of the molecule is C[C@@H]1CN(c2cc(S(=O)(=O)NC3(C)CC3)cn3c(-c4nnc(C(F)F)s4)ncc23)C[C@@H](C(N)=O)O1. The summed E-state index contributed by atoms with van der Waals surface area (Å²) < 4.78 is 62.6. The summed E-state index contributed by atoms with van der Waals surface area (Å²) >= 11 is 0.678. The van der Waals surface area contributed by atoms with Crippen molar-refractivity contribution in [3.63, 3.8) is 0 Å². The van der Waals surface area contributed by atoms with Gasteiger partial charge < -0.3 is 15.4 Å². The maximum atomic E-state index is 13.3. The number of sulfonamides is 1. The number of nitrogens with one attached hydrogen (secondary N) is 1.